The van der Waals surface area contributed by atoms with Crippen molar-refractivity contribution in [2.45, 2.75) is 11.4 Å². The molecule has 1 aromatic heterocycles. The van der Waals surface area contributed by atoms with Crippen molar-refractivity contribution in [2.24, 2.45) is 0 Å². The standard InChI is InChI=1S/C15H11F3N2S2/c16-15(17,18)9-3-6-12-11(7-9)20-14(22-12)13(21)8-1-4-10(19)5-2-8/h1-7,13,21H,19H2. The molecule has 0 saturated heterocycles. The quantitative estimate of drug-likeness (QED) is 0.513. The number of anilines is 1. The molecule has 0 aliphatic carbocycles. The second-order valence-corrected chi connectivity index (χ2v) is 6.38. The number of nitrogens with zero attached hydrogens (tertiary/aromatic N) is 1. The van der Waals surface area contributed by atoms with Crippen LogP contribution < -0.4 is 5.73 Å². The number of alkyl halides is 3. The average Bonchev–Trinajstić information content (AvgIpc) is 2.89. The summed E-state index contributed by atoms with van der Waals surface area (Å²) in [6, 6.07) is 10.8. The Balaban J connectivity index is 1.99. The Morgan fingerprint density at radius 2 is 1.77 bits per heavy atom. The summed E-state index contributed by atoms with van der Waals surface area (Å²) in [5.74, 6) is 0. The van der Waals surface area contributed by atoms with E-state index in [9.17, 15) is 13.2 Å². The van der Waals surface area contributed by atoms with Gasteiger partial charge in [0.2, 0.25) is 0 Å². The van der Waals surface area contributed by atoms with E-state index in [1.54, 1.807) is 12.1 Å². The molecule has 2 aromatic carbocycles. The van der Waals surface area contributed by atoms with Crippen LogP contribution in [-0.2, 0) is 6.18 Å². The van der Waals surface area contributed by atoms with Gasteiger partial charge in [-0.25, -0.2) is 4.98 Å². The molecule has 22 heavy (non-hydrogen) atoms. The molecule has 3 rings (SSSR count). The van der Waals surface area contributed by atoms with Crippen molar-refractivity contribution in [2.75, 3.05) is 5.73 Å². The fraction of sp³-hybridized carbons (Fsp3) is 0.133. The molecule has 114 valence electrons. The predicted molar refractivity (Wildman–Crippen MR) is 86.3 cm³/mol. The zero-order valence-electron chi connectivity index (χ0n) is 11.1. The fourth-order valence-electron chi connectivity index (χ4n) is 2.06. The van der Waals surface area contributed by atoms with E-state index in [1.165, 1.54) is 17.4 Å². The van der Waals surface area contributed by atoms with Gasteiger partial charge in [0.25, 0.3) is 0 Å². The van der Waals surface area contributed by atoms with Gasteiger partial charge in [0.15, 0.2) is 0 Å². The Kier molecular flexibility index (Phi) is 3.78. The normalized spacial score (nSPS) is 13.5. The molecule has 0 radical (unpaired) electrons. The van der Waals surface area contributed by atoms with Crippen LogP contribution in [0.25, 0.3) is 10.2 Å². The zero-order valence-corrected chi connectivity index (χ0v) is 12.8. The third kappa shape index (κ3) is 2.91. The molecule has 0 saturated carbocycles. The summed E-state index contributed by atoms with van der Waals surface area (Å²) in [7, 11) is 0. The highest BCUT2D eigenvalue weighted by molar-refractivity contribution is 7.81. The number of hydrogen-bond acceptors (Lipinski definition) is 4. The summed E-state index contributed by atoms with van der Waals surface area (Å²) in [5, 5.41) is 0.356. The Bertz CT molecular complexity index is 810. The van der Waals surface area contributed by atoms with Crippen molar-refractivity contribution in [3.63, 3.8) is 0 Å². The molecule has 1 heterocycles. The number of nitrogens with two attached hydrogens (primary N) is 1. The lowest BCUT2D eigenvalue weighted by Crippen LogP contribution is -2.04. The zero-order chi connectivity index (χ0) is 15.9. The highest BCUT2D eigenvalue weighted by Crippen LogP contribution is 2.37. The molecule has 0 bridgehead atoms. The maximum Gasteiger partial charge on any atom is 0.416 e. The summed E-state index contributed by atoms with van der Waals surface area (Å²) in [6.45, 7) is 0. The smallest absolute Gasteiger partial charge is 0.399 e. The number of rotatable bonds is 2. The second-order valence-electron chi connectivity index (χ2n) is 4.80. The van der Waals surface area contributed by atoms with E-state index in [1.807, 2.05) is 12.1 Å². The van der Waals surface area contributed by atoms with Crippen LogP contribution in [0.5, 0.6) is 0 Å². The predicted octanol–water partition coefficient (Wildman–Crippen LogP) is 4.92. The molecule has 7 heteroatoms. The van der Waals surface area contributed by atoms with Gasteiger partial charge < -0.3 is 5.73 Å². The van der Waals surface area contributed by atoms with Crippen LogP contribution in [0.3, 0.4) is 0 Å². The van der Waals surface area contributed by atoms with Crippen molar-refractivity contribution < 1.29 is 13.2 Å². The second kappa shape index (κ2) is 5.48. The monoisotopic (exact) mass is 340 g/mol. The molecule has 1 atom stereocenters. The van der Waals surface area contributed by atoms with Crippen LogP contribution in [0.15, 0.2) is 42.5 Å². The van der Waals surface area contributed by atoms with E-state index in [0.717, 1.165) is 17.7 Å². The Morgan fingerprint density at radius 1 is 1.09 bits per heavy atom. The molecule has 0 fully saturated rings. The summed E-state index contributed by atoms with van der Waals surface area (Å²) < 4.78 is 38.9. The molecular formula is C15H11F3N2S2. The van der Waals surface area contributed by atoms with Gasteiger partial charge in [-0.2, -0.15) is 25.8 Å². The van der Waals surface area contributed by atoms with Gasteiger partial charge in [0, 0.05) is 5.69 Å². The molecule has 1 unspecified atom stereocenters. The number of nitrogen functional groups attached to an aromatic ring is 1. The van der Waals surface area contributed by atoms with Crippen molar-refractivity contribution >= 4 is 39.9 Å². The molecular weight excluding hydrogens is 329 g/mol. The molecule has 2 N–H and O–H groups in total. The van der Waals surface area contributed by atoms with E-state index in [0.29, 0.717) is 20.9 Å². The first-order valence-electron chi connectivity index (χ1n) is 6.36. The van der Waals surface area contributed by atoms with Gasteiger partial charge in [0.05, 0.1) is 21.0 Å². The number of thiol groups is 1. The highest BCUT2D eigenvalue weighted by Gasteiger charge is 2.31. The first-order chi connectivity index (χ1) is 10.3. The van der Waals surface area contributed by atoms with Crippen LogP contribution in [0, 0.1) is 0 Å². The van der Waals surface area contributed by atoms with Gasteiger partial charge >= 0.3 is 6.18 Å². The highest BCUT2D eigenvalue weighted by atomic mass is 32.1. The van der Waals surface area contributed by atoms with E-state index in [4.69, 9.17) is 5.73 Å². The van der Waals surface area contributed by atoms with Gasteiger partial charge in [-0.05, 0) is 35.9 Å². The maximum absolute atomic E-state index is 12.7. The number of halogens is 3. The molecule has 3 aromatic rings. The SMILES string of the molecule is Nc1ccc(C(S)c2nc3cc(C(F)(F)F)ccc3s2)cc1. The number of benzene rings is 2. The molecule has 0 aliphatic heterocycles. The lowest BCUT2D eigenvalue weighted by Gasteiger charge is -2.07. The fourth-order valence-corrected chi connectivity index (χ4v) is 3.41. The first kappa shape index (κ1) is 15.2. The Hall–Kier alpha value is -1.73. The van der Waals surface area contributed by atoms with Gasteiger partial charge in [-0.1, -0.05) is 12.1 Å². The van der Waals surface area contributed by atoms with Crippen molar-refractivity contribution in [3.8, 4) is 0 Å². The summed E-state index contributed by atoms with van der Waals surface area (Å²) >= 11 is 5.86. The molecule has 0 amide bonds. The first-order valence-corrected chi connectivity index (χ1v) is 7.69. The number of aromatic nitrogens is 1. The summed E-state index contributed by atoms with van der Waals surface area (Å²) in [6.07, 6.45) is -4.37. The third-order valence-electron chi connectivity index (χ3n) is 3.22. The van der Waals surface area contributed by atoms with Gasteiger partial charge in [0.1, 0.15) is 5.01 Å². The molecule has 0 aliphatic rings. The minimum absolute atomic E-state index is 0.299. The number of thiazole rings is 1. The minimum atomic E-state index is -4.37. The Morgan fingerprint density at radius 3 is 2.41 bits per heavy atom. The van der Waals surface area contributed by atoms with Crippen LogP contribution >= 0.6 is 24.0 Å². The molecule has 2 nitrogen and oxygen atoms in total. The minimum Gasteiger partial charge on any atom is -0.399 e. The topological polar surface area (TPSA) is 38.9 Å². The summed E-state index contributed by atoms with van der Waals surface area (Å²) in [4.78, 5) is 4.30. The third-order valence-corrected chi connectivity index (χ3v) is 5.04. The van der Waals surface area contributed by atoms with Crippen molar-refractivity contribution in [1.82, 2.24) is 4.98 Å². The molecule has 0 spiro atoms. The maximum atomic E-state index is 12.7. The van der Waals surface area contributed by atoms with Gasteiger partial charge in [-0.15, -0.1) is 11.3 Å². The van der Waals surface area contributed by atoms with Crippen LogP contribution in [0.2, 0.25) is 0 Å². The van der Waals surface area contributed by atoms with Crippen LogP contribution in [0.1, 0.15) is 21.4 Å². The average molecular weight is 340 g/mol. The Labute approximate surface area is 134 Å². The lowest BCUT2D eigenvalue weighted by molar-refractivity contribution is -0.137. The van der Waals surface area contributed by atoms with Crippen LogP contribution in [-0.4, -0.2) is 4.98 Å². The van der Waals surface area contributed by atoms with Crippen LogP contribution in [0.4, 0.5) is 18.9 Å². The lowest BCUT2D eigenvalue weighted by atomic mass is 10.1. The number of fused-ring (bicyclic) bond motifs is 1. The number of hydrogen-bond donors (Lipinski definition) is 2. The van der Waals surface area contributed by atoms with Crippen molar-refractivity contribution in [1.29, 1.82) is 0 Å². The van der Waals surface area contributed by atoms with Crippen molar-refractivity contribution in [3.05, 3.63) is 58.6 Å². The van der Waals surface area contributed by atoms with Gasteiger partial charge in [-0.3, -0.25) is 0 Å². The van der Waals surface area contributed by atoms with E-state index in [-0.39, 0.29) is 5.25 Å². The van der Waals surface area contributed by atoms with E-state index < -0.39 is 11.7 Å². The summed E-state index contributed by atoms with van der Waals surface area (Å²) in [5.41, 5.74) is 6.82. The van der Waals surface area contributed by atoms with E-state index in [2.05, 4.69) is 17.6 Å². The largest absolute Gasteiger partial charge is 0.416 e. The van der Waals surface area contributed by atoms with E-state index >= 15 is 0 Å².